The van der Waals surface area contributed by atoms with Crippen LogP contribution in [0.3, 0.4) is 0 Å². The van der Waals surface area contributed by atoms with E-state index in [1.165, 1.54) is 12.1 Å². The van der Waals surface area contributed by atoms with Crippen molar-refractivity contribution in [2.24, 2.45) is 11.7 Å². The Kier molecular flexibility index (Phi) is 6.59. The van der Waals surface area contributed by atoms with Gasteiger partial charge in [0.05, 0.1) is 5.02 Å². The van der Waals surface area contributed by atoms with Crippen LogP contribution in [-0.2, 0) is 10.0 Å². The molecule has 0 heterocycles. The normalized spacial score (nSPS) is 13.4. The summed E-state index contributed by atoms with van der Waals surface area (Å²) < 4.78 is 27.5. The lowest BCUT2D eigenvalue weighted by molar-refractivity contribution is 0.391. The first-order valence-electron chi connectivity index (χ1n) is 6.84. The molecular formula is C14H21ClN2O2S2. The molecule has 0 fully saturated rings. The summed E-state index contributed by atoms with van der Waals surface area (Å²) in [6, 6.07) is 4.31. The van der Waals surface area contributed by atoms with E-state index in [1.54, 1.807) is 6.07 Å². The molecule has 118 valence electrons. The Hall–Kier alpha value is -0.690. The average molecular weight is 349 g/mol. The summed E-state index contributed by atoms with van der Waals surface area (Å²) in [6.45, 7) is 5.96. The predicted molar refractivity (Wildman–Crippen MR) is 91.2 cm³/mol. The number of rotatable bonds is 7. The lowest BCUT2D eigenvalue weighted by Crippen LogP contribution is -2.37. The zero-order valence-corrected chi connectivity index (χ0v) is 14.8. The van der Waals surface area contributed by atoms with Crippen molar-refractivity contribution in [3.63, 3.8) is 0 Å². The quantitative estimate of drug-likeness (QED) is 0.743. The second-order valence-corrected chi connectivity index (χ2v) is 7.53. The van der Waals surface area contributed by atoms with Crippen LogP contribution in [0.15, 0.2) is 23.1 Å². The second kappa shape index (κ2) is 7.54. The zero-order valence-electron chi connectivity index (χ0n) is 12.4. The van der Waals surface area contributed by atoms with E-state index in [0.717, 1.165) is 12.8 Å². The maximum atomic E-state index is 12.4. The fourth-order valence-corrected chi connectivity index (χ4v) is 4.26. The van der Waals surface area contributed by atoms with Crippen LogP contribution in [0.1, 0.15) is 39.2 Å². The molecule has 0 aliphatic rings. The highest BCUT2D eigenvalue weighted by Gasteiger charge is 2.24. The number of thiocarbonyl (C=S) groups is 1. The molecule has 1 aromatic carbocycles. The molecule has 1 atom stereocenters. The van der Waals surface area contributed by atoms with Gasteiger partial charge in [-0.05, 0) is 25.0 Å². The van der Waals surface area contributed by atoms with Crippen LogP contribution >= 0.6 is 23.8 Å². The van der Waals surface area contributed by atoms with E-state index in [-0.39, 0.29) is 26.9 Å². The molecule has 0 saturated carbocycles. The van der Waals surface area contributed by atoms with Gasteiger partial charge < -0.3 is 5.73 Å². The third-order valence-electron chi connectivity index (χ3n) is 3.60. The highest BCUT2D eigenvalue weighted by Crippen LogP contribution is 2.24. The van der Waals surface area contributed by atoms with E-state index < -0.39 is 10.0 Å². The molecule has 21 heavy (non-hydrogen) atoms. The summed E-state index contributed by atoms with van der Waals surface area (Å²) in [7, 11) is -3.66. The van der Waals surface area contributed by atoms with Crippen molar-refractivity contribution in [2.45, 2.75) is 44.6 Å². The van der Waals surface area contributed by atoms with E-state index in [9.17, 15) is 8.42 Å². The summed E-state index contributed by atoms with van der Waals surface area (Å²) in [5.41, 5.74) is 6.05. The van der Waals surface area contributed by atoms with Crippen molar-refractivity contribution >= 4 is 38.8 Å². The molecule has 0 radical (unpaired) electrons. The number of nitrogens with two attached hydrogens (primary N) is 1. The topological polar surface area (TPSA) is 72.2 Å². The van der Waals surface area contributed by atoms with E-state index in [4.69, 9.17) is 29.6 Å². The molecule has 3 N–H and O–H groups in total. The van der Waals surface area contributed by atoms with Gasteiger partial charge >= 0.3 is 0 Å². The molecule has 0 aliphatic carbocycles. The molecule has 4 nitrogen and oxygen atoms in total. The number of nitrogens with one attached hydrogen (secondary N) is 1. The van der Waals surface area contributed by atoms with Gasteiger partial charge in [0.25, 0.3) is 0 Å². The van der Waals surface area contributed by atoms with Crippen LogP contribution in [0.25, 0.3) is 0 Å². The Labute approximate surface area is 137 Å². The Morgan fingerprint density at radius 3 is 2.38 bits per heavy atom. The number of hydrogen-bond donors (Lipinski definition) is 2. The van der Waals surface area contributed by atoms with Crippen LogP contribution in [0.2, 0.25) is 5.02 Å². The van der Waals surface area contributed by atoms with Gasteiger partial charge in [-0.15, -0.1) is 0 Å². The van der Waals surface area contributed by atoms with Crippen molar-refractivity contribution in [1.82, 2.24) is 4.72 Å². The number of sulfonamides is 1. The first kappa shape index (κ1) is 18.4. The summed E-state index contributed by atoms with van der Waals surface area (Å²) >= 11 is 10.9. The minimum absolute atomic E-state index is 0.0435. The van der Waals surface area contributed by atoms with E-state index in [2.05, 4.69) is 4.72 Å². The number of benzene rings is 1. The lowest BCUT2D eigenvalue weighted by Gasteiger charge is -2.22. The highest BCUT2D eigenvalue weighted by molar-refractivity contribution is 7.89. The van der Waals surface area contributed by atoms with Gasteiger partial charge in [0.2, 0.25) is 10.0 Å². The Morgan fingerprint density at radius 1 is 1.38 bits per heavy atom. The Balaban J connectivity index is 3.06. The fourth-order valence-electron chi connectivity index (χ4n) is 2.27. The lowest BCUT2D eigenvalue weighted by atomic mass is 9.96. The molecule has 0 bridgehead atoms. The molecule has 1 rings (SSSR count). The van der Waals surface area contributed by atoms with Crippen molar-refractivity contribution in [3.05, 3.63) is 28.8 Å². The molecule has 1 unspecified atom stereocenters. The summed E-state index contributed by atoms with van der Waals surface area (Å²) in [5.74, 6) is 0.287. The molecule has 1 aromatic rings. The standard InChI is InChI=1S/C14H21ClN2O2S2/c1-4-10(5-2)9(3)17-21(18,19)13-7-6-11(14(16)20)8-12(13)15/h6-10,17H,4-5H2,1-3H3,(H2,16,20). The summed E-state index contributed by atoms with van der Waals surface area (Å²) in [5, 5.41) is 0.115. The molecule has 0 spiro atoms. The average Bonchev–Trinajstić information content (AvgIpc) is 2.38. The van der Waals surface area contributed by atoms with Gasteiger partial charge in [-0.2, -0.15) is 0 Å². The molecule has 7 heteroatoms. The summed E-state index contributed by atoms with van der Waals surface area (Å²) in [6.07, 6.45) is 1.82. The van der Waals surface area contributed by atoms with Crippen LogP contribution < -0.4 is 10.5 Å². The molecule has 0 aliphatic heterocycles. The van der Waals surface area contributed by atoms with Crippen LogP contribution in [0.4, 0.5) is 0 Å². The molecule has 0 amide bonds. The van der Waals surface area contributed by atoms with Crippen LogP contribution in [-0.4, -0.2) is 19.4 Å². The molecule has 0 aromatic heterocycles. The maximum Gasteiger partial charge on any atom is 0.242 e. The van der Waals surface area contributed by atoms with E-state index in [1.807, 2.05) is 20.8 Å². The van der Waals surface area contributed by atoms with Crippen molar-refractivity contribution in [1.29, 1.82) is 0 Å². The number of hydrogen-bond acceptors (Lipinski definition) is 3. The van der Waals surface area contributed by atoms with Gasteiger partial charge in [0.15, 0.2) is 0 Å². The number of halogens is 1. The van der Waals surface area contributed by atoms with Crippen LogP contribution in [0, 0.1) is 5.92 Å². The first-order chi connectivity index (χ1) is 9.72. The monoisotopic (exact) mass is 348 g/mol. The third-order valence-corrected chi connectivity index (χ3v) is 5.88. The SMILES string of the molecule is CCC(CC)C(C)NS(=O)(=O)c1ccc(C(N)=S)cc1Cl. The first-order valence-corrected chi connectivity index (χ1v) is 9.11. The highest BCUT2D eigenvalue weighted by atomic mass is 35.5. The minimum atomic E-state index is -3.66. The minimum Gasteiger partial charge on any atom is -0.389 e. The Bertz CT molecular complexity index is 613. The predicted octanol–water partition coefficient (Wildman–Crippen LogP) is 3.08. The van der Waals surface area contributed by atoms with Crippen LogP contribution in [0.5, 0.6) is 0 Å². The fraction of sp³-hybridized carbons (Fsp3) is 0.500. The summed E-state index contributed by atoms with van der Waals surface area (Å²) in [4.78, 5) is 0.223. The van der Waals surface area contributed by atoms with Gasteiger partial charge in [-0.25, -0.2) is 13.1 Å². The Morgan fingerprint density at radius 2 is 1.95 bits per heavy atom. The largest absolute Gasteiger partial charge is 0.389 e. The molecular weight excluding hydrogens is 328 g/mol. The van der Waals surface area contributed by atoms with Gasteiger partial charge in [0, 0.05) is 11.6 Å². The maximum absolute atomic E-state index is 12.4. The van der Waals surface area contributed by atoms with Gasteiger partial charge in [0.1, 0.15) is 9.88 Å². The van der Waals surface area contributed by atoms with E-state index in [0.29, 0.717) is 5.56 Å². The second-order valence-electron chi connectivity index (χ2n) is 5.00. The zero-order chi connectivity index (χ0) is 16.2. The third kappa shape index (κ3) is 4.64. The van der Waals surface area contributed by atoms with Crippen molar-refractivity contribution in [3.8, 4) is 0 Å². The van der Waals surface area contributed by atoms with Gasteiger partial charge in [-0.1, -0.05) is 56.6 Å². The molecule has 0 saturated heterocycles. The van der Waals surface area contributed by atoms with Crippen molar-refractivity contribution in [2.75, 3.05) is 0 Å². The smallest absolute Gasteiger partial charge is 0.242 e. The van der Waals surface area contributed by atoms with E-state index >= 15 is 0 Å². The van der Waals surface area contributed by atoms with Gasteiger partial charge in [-0.3, -0.25) is 0 Å². The van der Waals surface area contributed by atoms with Crippen molar-refractivity contribution < 1.29 is 8.42 Å².